The van der Waals surface area contributed by atoms with Gasteiger partial charge in [0.05, 0.1) is 16.2 Å². The van der Waals surface area contributed by atoms with Crippen molar-refractivity contribution in [2.24, 2.45) is 0 Å². The van der Waals surface area contributed by atoms with Crippen molar-refractivity contribution < 1.29 is 21.6 Å². The summed E-state index contributed by atoms with van der Waals surface area (Å²) < 4.78 is 48.0. The molecule has 0 saturated carbocycles. The minimum atomic E-state index is -3.39. The summed E-state index contributed by atoms with van der Waals surface area (Å²) in [5, 5.41) is 3.91. The lowest BCUT2D eigenvalue weighted by atomic mass is 9.93. The Kier molecular flexibility index (Phi) is 8.76. The molecule has 4 rings (SSSR count). The van der Waals surface area contributed by atoms with E-state index in [1.165, 1.54) is 18.4 Å². The predicted octanol–water partition coefficient (Wildman–Crippen LogP) is 5.91. The summed E-state index contributed by atoms with van der Waals surface area (Å²) in [6.07, 6.45) is 5.90. The van der Waals surface area contributed by atoms with Crippen molar-refractivity contribution in [3.05, 3.63) is 95.7 Å². The monoisotopic (exact) mass is 604 g/mol. The Hall–Kier alpha value is -3.82. The lowest BCUT2D eigenvalue weighted by molar-refractivity contribution is -0.116. The van der Waals surface area contributed by atoms with E-state index in [1.54, 1.807) is 24.4 Å². The van der Waals surface area contributed by atoms with Crippen LogP contribution >= 0.6 is 0 Å². The molecule has 3 aromatic carbocycles. The normalized spacial score (nSPS) is 13.6. The molecule has 1 heterocycles. The van der Waals surface area contributed by atoms with Crippen LogP contribution < -0.4 is 5.32 Å². The maximum Gasteiger partial charge on any atom is 0.252 e. The zero-order valence-electron chi connectivity index (χ0n) is 24.7. The quantitative estimate of drug-likeness (QED) is 0.198. The summed E-state index contributed by atoms with van der Waals surface area (Å²) in [6, 6.07) is 21.8. The molecule has 0 fully saturated rings. The fraction of sp³-hybridized carbons (Fsp3) is 0.273. The molecule has 0 bridgehead atoms. The molecule has 0 saturated heterocycles. The maximum atomic E-state index is 13.5. The van der Waals surface area contributed by atoms with E-state index < -0.39 is 25.2 Å². The molecule has 0 radical (unpaired) electrons. The summed E-state index contributed by atoms with van der Waals surface area (Å²) in [5.41, 5.74) is 4.65. The van der Waals surface area contributed by atoms with Crippen LogP contribution in [-0.4, -0.2) is 51.5 Å². The van der Waals surface area contributed by atoms with Crippen LogP contribution in [0.1, 0.15) is 50.3 Å². The van der Waals surface area contributed by atoms with Crippen LogP contribution in [0.2, 0.25) is 0 Å². The van der Waals surface area contributed by atoms with Crippen molar-refractivity contribution >= 4 is 48.1 Å². The average Bonchev–Trinajstić information content (AvgIpc) is 2.89. The number of fused-ring (bicyclic) bond motifs is 1. The van der Waals surface area contributed by atoms with Crippen LogP contribution in [0.5, 0.6) is 0 Å². The van der Waals surface area contributed by atoms with Crippen LogP contribution in [0.4, 0.5) is 0 Å². The summed E-state index contributed by atoms with van der Waals surface area (Å²) >= 11 is 0. The summed E-state index contributed by atoms with van der Waals surface area (Å²) in [7, 11) is -6.56. The molecule has 0 spiro atoms. The molecule has 1 amide bonds. The van der Waals surface area contributed by atoms with Gasteiger partial charge in [0.1, 0.15) is 9.84 Å². The van der Waals surface area contributed by atoms with Gasteiger partial charge >= 0.3 is 0 Å². The summed E-state index contributed by atoms with van der Waals surface area (Å²) in [6.45, 7) is 7.58. The zero-order valence-corrected chi connectivity index (χ0v) is 26.3. The number of carbonyl (C=O) groups excluding carboxylic acids is 1. The average molecular weight is 605 g/mol. The largest absolute Gasteiger partial charge is 0.347 e. The third kappa shape index (κ3) is 7.92. The highest BCUT2D eigenvalue weighted by Crippen LogP contribution is 2.33. The van der Waals surface area contributed by atoms with Crippen LogP contribution in [0.3, 0.4) is 0 Å². The van der Waals surface area contributed by atoms with E-state index in [0.29, 0.717) is 11.1 Å². The Morgan fingerprint density at radius 3 is 2.24 bits per heavy atom. The molecular weight excluding hydrogens is 569 g/mol. The van der Waals surface area contributed by atoms with Gasteiger partial charge in [-0.15, -0.1) is 0 Å². The lowest BCUT2D eigenvalue weighted by Gasteiger charge is -2.22. The van der Waals surface area contributed by atoms with E-state index >= 15 is 0 Å². The smallest absolute Gasteiger partial charge is 0.252 e. The molecule has 1 N–H and O–H groups in total. The highest BCUT2D eigenvalue weighted by molar-refractivity contribution is 7.91. The van der Waals surface area contributed by atoms with Crippen LogP contribution in [-0.2, 0) is 24.5 Å². The number of hydrogen-bond acceptors (Lipinski definition) is 6. The van der Waals surface area contributed by atoms with E-state index in [-0.39, 0.29) is 22.5 Å². The number of hydrogen-bond donors (Lipinski definition) is 1. The number of carbonyl (C=O) groups is 1. The Morgan fingerprint density at radius 2 is 1.62 bits per heavy atom. The zero-order chi connectivity index (χ0) is 30.9. The SMILES string of the molecule is CC(CS(C)(=O)=O)c1cc(-c2cccc(/C=C(/C(=O)NC(C)(C)C)c3ccc(S(C)(=O)=O)cc3)c2)c2ncccc2c1. The van der Waals surface area contributed by atoms with Gasteiger partial charge in [-0.1, -0.05) is 43.3 Å². The van der Waals surface area contributed by atoms with Crippen molar-refractivity contribution in [3.63, 3.8) is 0 Å². The molecule has 7 nitrogen and oxygen atoms in total. The van der Waals surface area contributed by atoms with Gasteiger partial charge in [-0.3, -0.25) is 9.78 Å². The molecule has 220 valence electrons. The van der Waals surface area contributed by atoms with Gasteiger partial charge in [0, 0.05) is 40.8 Å². The van der Waals surface area contributed by atoms with Gasteiger partial charge in [0.2, 0.25) is 0 Å². The maximum absolute atomic E-state index is 13.5. The minimum Gasteiger partial charge on any atom is -0.347 e. The van der Waals surface area contributed by atoms with Gasteiger partial charge in [-0.05, 0) is 91.4 Å². The molecule has 0 aliphatic heterocycles. The van der Waals surface area contributed by atoms with E-state index in [4.69, 9.17) is 0 Å². The molecule has 1 aromatic heterocycles. The summed E-state index contributed by atoms with van der Waals surface area (Å²) in [4.78, 5) is 18.2. The fourth-order valence-corrected chi connectivity index (χ4v) is 6.53. The van der Waals surface area contributed by atoms with Crippen molar-refractivity contribution in [2.75, 3.05) is 18.3 Å². The van der Waals surface area contributed by atoms with Crippen LogP contribution in [0, 0.1) is 0 Å². The first kappa shape index (κ1) is 31.1. The first-order valence-corrected chi connectivity index (χ1v) is 17.5. The molecule has 4 aromatic rings. The van der Waals surface area contributed by atoms with E-state index in [2.05, 4.69) is 10.3 Å². The van der Waals surface area contributed by atoms with E-state index in [9.17, 15) is 21.6 Å². The van der Waals surface area contributed by atoms with Crippen LogP contribution in [0.25, 0.3) is 33.7 Å². The lowest BCUT2D eigenvalue weighted by Crippen LogP contribution is -2.41. The Morgan fingerprint density at radius 1 is 0.929 bits per heavy atom. The third-order valence-corrected chi connectivity index (χ3v) is 8.92. The van der Waals surface area contributed by atoms with Crippen molar-refractivity contribution in [3.8, 4) is 11.1 Å². The van der Waals surface area contributed by atoms with Gasteiger partial charge in [0.15, 0.2) is 9.84 Å². The second-order valence-corrected chi connectivity index (χ2v) is 16.0. The van der Waals surface area contributed by atoms with Gasteiger partial charge in [-0.2, -0.15) is 0 Å². The second-order valence-electron chi connectivity index (χ2n) is 11.8. The number of benzene rings is 3. The molecule has 42 heavy (non-hydrogen) atoms. The van der Waals surface area contributed by atoms with Gasteiger partial charge in [-0.25, -0.2) is 16.8 Å². The topological polar surface area (TPSA) is 110 Å². The molecular formula is C33H36N2O5S2. The first-order chi connectivity index (χ1) is 19.5. The number of pyridine rings is 1. The molecule has 0 aliphatic rings. The highest BCUT2D eigenvalue weighted by atomic mass is 32.2. The number of nitrogens with one attached hydrogen (secondary N) is 1. The number of aromatic nitrogens is 1. The van der Waals surface area contributed by atoms with E-state index in [1.807, 2.05) is 76.2 Å². The predicted molar refractivity (Wildman–Crippen MR) is 171 cm³/mol. The number of nitrogens with zero attached hydrogens (tertiary/aromatic N) is 1. The van der Waals surface area contributed by atoms with Crippen LogP contribution in [0.15, 0.2) is 83.9 Å². The Balaban J connectivity index is 1.85. The number of sulfone groups is 2. The van der Waals surface area contributed by atoms with Crippen molar-refractivity contribution in [2.45, 2.75) is 44.0 Å². The number of amides is 1. The fourth-order valence-electron chi connectivity index (χ4n) is 4.80. The molecule has 9 heteroatoms. The molecule has 1 unspecified atom stereocenters. The Bertz CT molecular complexity index is 1890. The standard InChI is InChI=1S/C33H36N2O5S2/c1-22(21-41(5,37)38)27-19-26-11-8-16-34-31(26)29(20-27)25-10-7-9-23(17-25)18-30(32(36)35-33(2,3)4)24-12-14-28(15-13-24)42(6,39)40/h7-20,22H,21H2,1-6H3,(H,35,36)/b30-18+. The highest BCUT2D eigenvalue weighted by Gasteiger charge is 2.20. The molecule has 0 aliphatic carbocycles. The van der Waals surface area contributed by atoms with E-state index in [0.717, 1.165) is 39.4 Å². The second kappa shape index (κ2) is 11.8. The van der Waals surface area contributed by atoms with Gasteiger partial charge < -0.3 is 5.32 Å². The first-order valence-electron chi connectivity index (χ1n) is 13.5. The van der Waals surface area contributed by atoms with Crippen molar-refractivity contribution in [1.29, 1.82) is 0 Å². The third-order valence-electron chi connectivity index (χ3n) is 6.68. The summed E-state index contributed by atoms with van der Waals surface area (Å²) in [5.74, 6) is -0.469. The Labute approximate surface area is 248 Å². The minimum absolute atomic E-state index is 0.0331. The number of rotatable bonds is 8. The van der Waals surface area contributed by atoms with Crippen molar-refractivity contribution in [1.82, 2.24) is 10.3 Å². The van der Waals surface area contributed by atoms with Gasteiger partial charge in [0.25, 0.3) is 5.91 Å². The molecule has 1 atom stereocenters.